The molecule has 0 aromatic heterocycles. The zero-order valence-electron chi connectivity index (χ0n) is 11.9. The Morgan fingerprint density at radius 3 is 2.56 bits per heavy atom. The van der Waals surface area contributed by atoms with E-state index in [0.29, 0.717) is 6.42 Å². The first kappa shape index (κ1) is 15.8. The molecule has 1 saturated carbocycles. The second-order valence-corrected chi connectivity index (χ2v) is 6.58. The predicted molar refractivity (Wildman–Crippen MR) is 77.9 cm³/mol. The highest BCUT2D eigenvalue weighted by molar-refractivity contribution is 7.98. The summed E-state index contributed by atoms with van der Waals surface area (Å²) in [6.07, 6.45) is 8.26. The van der Waals surface area contributed by atoms with E-state index in [-0.39, 0.29) is 11.9 Å². The normalized spacial score (nSPS) is 20.4. The number of amides is 1. The number of carbonyl (C=O) groups is 1. The summed E-state index contributed by atoms with van der Waals surface area (Å²) in [6, 6.07) is 0.261. The largest absolute Gasteiger partial charge is 0.389 e. The maximum absolute atomic E-state index is 12.2. The van der Waals surface area contributed by atoms with Gasteiger partial charge in [-0.1, -0.05) is 19.3 Å². The van der Waals surface area contributed by atoms with Gasteiger partial charge in [-0.2, -0.15) is 11.8 Å². The quantitative estimate of drug-likeness (QED) is 0.809. The molecule has 1 unspecified atom stereocenters. The summed E-state index contributed by atoms with van der Waals surface area (Å²) in [5, 5.41) is 10.4. The average Bonchev–Trinajstić information content (AvgIpc) is 2.35. The Morgan fingerprint density at radius 1 is 1.39 bits per heavy atom. The lowest BCUT2D eigenvalue weighted by Gasteiger charge is -2.34. The molecule has 1 amide bonds. The van der Waals surface area contributed by atoms with Crippen LogP contribution in [0.25, 0.3) is 0 Å². The van der Waals surface area contributed by atoms with Crippen LogP contribution in [0.1, 0.15) is 51.9 Å². The van der Waals surface area contributed by atoms with Crippen molar-refractivity contribution in [3.05, 3.63) is 0 Å². The summed E-state index contributed by atoms with van der Waals surface area (Å²) in [5.41, 5.74) is -0.733. The van der Waals surface area contributed by atoms with Crippen molar-refractivity contribution in [3.8, 4) is 0 Å². The lowest BCUT2D eigenvalue weighted by Crippen LogP contribution is -2.42. The van der Waals surface area contributed by atoms with Gasteiger partial charge in [0, 0.05) is 13.1 Å². The minimum atomic E-state index is -0.733. The molecule has 0 aliphatic heterocycles. The molecule has 0 aromatic carbocycles. The van der Waals surface area contributed by atoms with Gasteiger partial charge in [-0.05, 0) is 38.2 Å². The van der Waals surface area contributed by atoms with Crippen molar-refractivity contribution in [3.63, 3.8) is 0 Å². The van der Waals surface area contributed by atoms with Crippen molar-refractivity contribution in [2.45, 2.75) is 63.5 Å². The first-order valence-corrected chi connectivity index (χ1v) is 8.35. The number of nitrogens with zero attached hydrogens (tertiary/aromatic N) is 1. The second kappa shape index (κ2) is 7.39. The van der Waals surface area contributed by atoms with Gasteiger partial charge in [0.15, 0.2) is 0 Å². The summed E-state index contributed by atoms with van der Waals surface area (Å²) in [5.74, 6) is 1.16. The van der Waals surface area contributed by atoms with Crippen molar-refractivity contribution in [2.24, 2.45) is 0 Å². The molecule has 1 aliphatic carbocycles. The highest BCUT2D eigenvalue weighted by Crippen LogP contribution is 2.31. The van der Waals surface area contributed by atoms with Gasteiger partial charge in [-0.15, -0.1) is 0 Å². The van der Waals surface area contributed by atoms with Crippen molar-refractivity contribution in [1.29, 1.82) is 0 Å². The second-order valence-electron chi connectivity index (χ2n) is 5.60. The molecule has 0 heterocycles. The van der Waals surface area contributed by atoms with E-state index < -0.39 is 5.60 Å². The van der Waals surface area contributed by atoms with E-state index in [2.05, 4.69) is 13.2 Å². The Morgan fingerprint density at radius 2 is 2.00 bits per heavy atom. The summed E-state index contributed by atoms with van der Waals surface area (Å²) in [4.78, 5) is 14.0. The fourth-order valence-electron chi connectivity index (χ4n) is 2.52. The smallest absolute Gasteiger partial charge is 0.225 e. The molecule has 1 aliphatic rings. The van der Waals surface area contributed by atoms with E-state index in [0.717, 1.165) is 37.9 Å². The Bertz CT molecular complexity index is 265. The number of hydrogen-bond acceptors (Lipinski definition) is 3. The Hall–Kier alpha value is -0.220. The SMILES string of the molecule is CSCCC(C)N(C)C(=O)CC1(O)CCCCC1. The minimum Gasteiger partial charge on any atom is -0.389 e. The number of thioether (sulfide) groups is 1. The molecule has 0 radical (unpaired) electrons. The van der Waals surface area contributed by atoms with Gasteiger partial charge in [-0.25, -0.2) is 0 Å². The molecule has 0 saturated heterocycles. The zero-order valence-corrected chi connectivity index (χ0v) is 12.8. The molecule has 18 heavy (non-hydrogen) atoms. The summed E-state index contributed by atoms with van der Waals surface area (Å²) in [7, 11) is 1.86. The van der Waals surface area contributed by atoms with E-state index in [1.165, 1.54) is 6.42 Å². The zero-order chi connectivity index (χ0) is 13.6. The van der Waals surface area contributed by atoms with Crippen LogP contribution in [0.5, 0.6) is 0 Å². The Labute approximate surface area is 115 Å². The number of rotatable bonds is 6. The molecule has 1 fully saturated rings. The van der Waals surface area contributed by atoms with Crippen LogP contribution in [0.2, 0.25) is 0 Å². The highest BCUT2D eigenvalue weighted by atomic mass is 32.2. The third-order valence-electron chi connectivity index (χ3n) is 4.06. The van der Waals surface area contributed by atoms with Gasteiger partial charge in [0.1, 0.15) is 0 Å². The summed E-state index contributed by atoms with van der Waals surface area (Å²) < 4.78 is 0. The van der Waals surface area contributed by atoms with Crippen molar-refractivity contribution in [1.82, 2.24) is 4.90 Å². The topological polar surface area (TPSA) is 40.5 Å². The predicted octanol–water partition coefficient (Wildman–Crippen LogP) is 2.67. The molecule has 1 atom stereocenters. The van der Waals surface area contributed by atoms with E-state index >= 15 is 0 Å². The molecule has 1 N–H and O–H groups in total. The standard InChI is InChI=1S/C14H27NO2S/c1-12(7-10-18-3)15(2)13(16)11-14(17)8-5-4-6-9-14/h12,17H,4-11H2,1-3H3. The molecule has 0 bridgehead atoms. The molecule has 0 aromatic rings. The van der Waals surface area contributed by atoms with E-state index in [9.17, 15) is 9.90 Å². The molecular weight excluding hydrogens is 246 g/mol. The van der Waals surface area contributed by atoms with E-state index in [1.54, 1.807) is 11.8 Å². The van der Waals surface area contributed by atoms with Gasteiger partial charge in [-0.3, -0.25) is 4.79 Å². The third-order valence-corrected chi connectivity index (χ3v) is 4.70. The maximum atomic E-state index is 12.2. The first-order valence-electron chi connectivity index (χ1n) is 6.95. The summed E-state index contributed by atoms with van der Waals surface area (Å²) in [6.45, 7) is 2.08. The minimum absolute atomic E-state index is 0.0907. The van der Waals surface area contributed by atoms with Crippen LogP contribution >= 0.6 is 11.8 Å². The maximum Gasteiger partial charge on any atom is 0.225 e. The van der Waals surface area contributed by atoms with Crippen LogP contribution in [0, 0.1) is 0 Å². The van der Waals surface area contributed by atoms with Crippen LogP contribution in [-0.4, -0.2) is 46.6 Å². The number of carbonyl (C=O) groups excluding carboxylic acids is 1. The monoisotopic (exact) mass is 273 g/mol. The molecular formula is C14H27NO2S. The van der Waals surface area contributed by atoms with Crippen molar-refractivity contribution < 1.29 is 9.90 Å². The van der Waals surface area contributed by atoms with E-state index in [1.807, 2.05) is 11.9 Å². The number of hydrogen-bond donors (Lipinski definition) is 1. The lowest BCUT2D eigenvalue weighted by atomic mass is 9.82. The van der Waals surface area contributed by atoms with Gasteiger partial charge < -0.3 is 10.0 Å². The Kier molecular flexibility index (Phi) is 6.50. The van der Waals surface area contributed by atoms with Crippen molar-refractivity contribution in [2.75, 3.05) is 19.1 Å². The average molecular weight is 273 g/mol. The summed E-state index contributed by atoms with van der Waals surface area (Å²) >= 11 is 1.81. The fourth-order valence-corrected chi connectivity index (χ4v) is 3.10. The van der Waals surface area contributed by atoms with Crippen LogP contribution < -0.4 is 0 Å². The molecule has 0 spiro atoms. The molecule has 4 heteroatoms. The van der Waals surface area contributed by atoms with Gasteiger partial charge in [0.05, 0.1) is 12.0 Å². The Balaban J connectivity index is 2.43. The van der Waals surface area contributed by atoms with Gasteiger partial charge in [0.25, 0.3) is 0 Å². The number of aliphatic hydroxyl groups is 1. The molecule has 106 valence electrons. The van der Waals surface area contributed by atoms with Gasteiger partial charge in [0.2, 0.25) is 5.91 Å². The van der Waals surface area contributed by atoms with Crippen molar-refractivity contribution >= 4 is 17.7 Å². The van der Waals surface area contributed by atoms with Crippen LogP contribution in [0.4, 0.5) is 0 Å². The first-order chi connectivity index (χ1) is 8.48. The van der Waals surface area contributed by atoms with Crippen LogP contribution in [0.15, 0.2) is 0 Å². The highest BCUT2D eigenvalue weighted by Gasteiger charge is 2.33. The van der Waals surface area contributed by atoms with Crippen LogP contribution in [0.3, 0.4) is 0 Å². The fraction of sp³-hybridized carbons (Fsp3) is 0.929. The van der Waals surface area contributed by atoms with E-state index in [4.69, 9.17) is 0 Å². The van der Waals surface area contributed by atoms with Gasteiger partial charge >= 0.3 is 0 Å². The molecule has 1 rings (SSSR count). The molecule has 3 nitrogen and oxygen atoms in total. The lowest BCUT2D eigenvalue weighted by molar-refractivity contribution is -0.138. The third kappa shape index (κ3) is 4.81. The van der Waals surface area contributed by atoms with Crippen LogP contribution in [-0.2, 0) is 4.79 Å².